The van der Waals surface area contributed by atoms with Gasteiger partial charge in [-0.1, -0.05) is 30.3 Å². The summed E-state index contributed by atoms with van der Waals surface area (Å²) in [6.07, 6.45) is 0.330. The zero-order valence-electron chi connectivity index (χ0n) is 9.52. The largest absolute Gasteiger partial charge is 0.464 e. The number of hydrogen-bond donors (Lipinski definition) is 1. The maximum Gasteiger partial charge on any atom is 0.310 e. The molecule has 0 unspecified atom stereocenters. The molecule has 0 spiro atoms. The van der Waals surface area contributed by atoms with Gasteiger partial charge in [0.15, 0.2) is 0 Å². The van der Waals surface area contributed by atoms with E-state index in [0.29, 0.717) is 25.5 Å². The second-order valence-corrected chi connectivity index (χ2v) is 3.70. The zero-order valence-corrected chi connectivity index (χ0v) is 11.1. The minimum Gasteiger partial charge on any atom is -0.464 e. The van der Waals surface area contributed by atoms with Crippen molar-refractivity contribution in [2.24, 2.45) is 0 Å². The molecule has 0 atom stereocenters. The molecule has 1 aromatic carbocycles. The molecule has 3 nitrogen and oxygen atoms in total. The van der Waals surface area contributed by atoms with Crippen LogP contribution in [0.25, 0.3) is 0 Å². The molecule has 0 aromatic heterocycles. The number of rotatable bonds is 7. The van der Waals surface area contributed by atoms with E-state index in [4.69, 9.17) is 16.3 Å². The Balaban J connectivity index is 0.00000256. The standard InChI is InChI=1S/C12H16ClNO2.ClH/c13-6-7-14-8-9-16-12(15)10-11-4-2-1-3-5-11;/h1-5,14H,6-10H2;1H. The van der Waals surface area contributed by atoms with Crippen LogP contribution in [0.5, 0.6) is 0 Å². The Morgan fingerprint density at radius 2 is 1.94 bits per heavy atom. The predicted octanol–water partition coefficient (Wildman–Crippen LogP) is 2.02. The zero-order chi connectivity index (χ0) is 11.6. The molecule has 0 aliphatic carbocycles. The number of halogens is 2. The third-order valence-electron chi connectivity index (χ3n) is 2.00. The van der Waals surface area contributed by atoms with Crippen molar-refractivity contribution in [3.05, 3.63) is 35.9 Å². The summed E-state index contributed by atoms with van der Waals surface area (Å²) in [5, 5.41) is 3.05. The maximum atomic E-state index is 11.4. The molecule has 0 saturated heterocycles. The predicted molar refractivity (Wildman–Crippen MR) is 71.9 cm³/mol. The molecule has 0 fully saturated rings. The van der Waals surface area contributed by atoms with Crippen LogP contribution >= 0.6 is 24.0 Å². The molecule has 1 aromatic rings. The van der Waals surface area contributed by atoms with Gasteiger partial charge < -0.3 is 10.1 Å². The molecule has 0 aliphatic heterocycles. The minimum absolute atomic E-state index is 0. The van der Waals surface area contributed by atoms with Gasteiger partial charge in [0.05, 0.1) is 6.42 Å². The van der Waals surface area contributed by atoms with Crippen LogP contribution in [0.2, 0.25) is 0 Å². The van der Waals surface area contributed by atoms with Gasteiger partial charge >= 0.3 is 5.97 Å². The van der Waals surface area contributed by atoms with E-state index in [2.05, 4.69) is 5.32 Å². The molecule has 96 valence electrons. The van der Waals surface area contributed by atoms with E-state index in [0.717, 1.165) is 12.1 Å². The molecular weight excluding hydrogens is 261 g/mol. The van der Waals surface area contributed by atoms with Crippen LogP contribution < -0.4 is 5.32 Å². The van der Waals surface area contributed by atoms with Crippen LogP contribution in [0.15, 0.2) is 30.3 Å². The molecular formula is C12H17Cl2NO2. The Kier molecular flexibility index (Phi) is 9.92. The van der Waals surface area contributed by atoms with E-state index in [-0.39, 0.29) is 18.4 Å². The Morgan fingerprint density at radius 3 is 2.59 bits per heavy atom. The molecule has 0 amide bonds. The first-order valence-corrected chi connectivity index (χ1v) is 5.82. The van der Waals surface area contributed by atoms with Crippen molar-refractivity contribution in [1.82, 2.24) is 5.32 Å². The van der Waals surface area contributed by atoms with Gasteiger partial charge in [0.25, 0.3) is 0 Å². The number of alkyl halides is 1. The van der Waals surface area contributed by atoms with Crippen molar-refractivity contribution in [2.75, 3.05) is 25.6 Å². The van der Waals surface area contributed by atoms with Gasteiger partial charge in [-0.2, -0.15) is 0 Å². The van der Waals surface area contributed by atoms with E-state index in [1.165, 1.54) is 0 Å². The number of hydrogen-bond acceptors (Lipinski definition) is 3. The first-order chi connectivity index (χ1) is 7.83. The summed E-state index contributed by atoms with van der Waals surface area (Å²) in [5.41, 5.74) is 0.973. The number of benzene rings is 1. The highest BCUT2D eigenvalue weighted by molar-refractivity contribution is 6.18. The highest BCUT2D eigenvalue weighted by Gasteiger charge is 2.03. The van der Waals surface area contributed by atoms with Gasteiger partial charge in [-0.15, -0.1) is 24.0 Å². The van der Waals surface area contributed by atoms with Gasteiger partial charge in [-0.05, 0) is 5.56 Å². The molecule has 5 heteroatoms. The lowest BCUT2D eigenvalue weighted by molar-refractivity contribution is -0.142. The Morgan fingerprint density at radius 1 is 1.24 bits per heavy atom. The fourth-order valence-electron chi connectivity index (χ4n) is 1.24. The quantitative estimate of drug-likeness (QED) is 0.471. The molecule has 0 bridgehead atoms. The molecule has 0 aliphatic rings. The lowest BCUT2D eigenvalue weighted by Gasteiger charge is -2.05. The molecule has 0 heterocycles. The fourth-order valence-corrected chi connectivity index (χ4v) is 1.38. The lowest BCUT2D eigenvalue weighted by Crippen LogP contribution is -2.23. The van der Waals surface area contributed by atoms with Gasteiger partial charge in [0.2, 0.25) is 0 Å². The monoisotopic (exact) mass is 277 g/mol. The van der Waals surface area contributed by atoms with E-state index < -0.39 is 0 Å². The van der Waals surface area contributed by atoms with Crippen molar-refractivity contribution in [1.29, 1.82) is 0 Å². The highest BCUT2D eigenvalue weighted by atomic mass is 35.5. The van der Waals surface area contributed by atoms with Crippen molar-refractivity contribution in [2.45, 2.75) is 6.42 Å². The second-order valence-electron chi connectivity index (χ2n) is 3.32. The summed E-state index contributed by atoms with van der Waals surface area (Å²) in [5.74, 6) is 0.372. The van der Waals surface area contributed by atoms with Crippen LogP contribution in [0.3, 0.4) is 0 Å². The first kappa shape index (κ1) is 16.2. The topological polar surface area (TPSA) is 38.3 Å². The van der Waals surface area contributed by atoms with Crippen LogP contribution in [-0.4, -0.2) is 31.5 Å². The summed E-state index contributed by atoms with van der Waals surface area (Å²) in [7, 11) is 0. The van der Waals surface area contributed by atoms with Crippen LogP contribution in [0.1, 0.15) is 5.56 Å². The summed E-state index contributed by atoms with van der Waals surface area (Å²) in [4.78, 5) is 11.4. The molecule has 0 saturated carbocycles. The van der Waals surface area contributed by atoms with Crippen LogP contribution in [0.4, 0.5) is 0 Å². The van der Waals surface area contributed by atoms with Gasteiger partial charge in [-0.3, -0.25) is 4.79 Å². The van der Waals surface area contributed by atoms with Crippen molar-refractivity contribution >= 4 is 30.0 Å². The Hall–Kier alpha value is -0.770. The van der Waals surface area contributed by atoms with Gasteiger partial charge in [0.1, 0.15) is 6.61 Å². The molecule has 1 N–H and O–H groups in total. The molecule has 17 heavy (non-hydrogen) atoms. The van der Waals surface area contributed by atoms with Gasteiger partial charge in [0, 0.05) is 19.0 Å². The third-order valence-corrected chi connectivity index (χ3v) is 2.19. The van der Waals surface area contributed by atoms with E-state index in [1.54, 1.807) is 0 Å². The number of carbonyl (C=O) groups excluding carboxylic acids is 1. The lowest BCUT2D eigenvalue weighted by atomic mass is 10.2. The maximum absolute atomic E-state index is 11.4. The number of carbonyl (C=O) groups is 1. The summed E-state index contributed by atoms with van der Waals surface area (Å²) >= 11 is 5.48. The van der Waals surface area contributed by atoms with E-state index in [1.807, 2.05) is 30.3 Å². The van der Waals surface area contributed by atoms with Crippen molar-refractivity contribution in [3.8, 4) is 0 Å². The normalized spacial score (nSPS) is 9.47. The fraction of sp³-hybridized carbons (Fsp3) is 0.417. The average Bonchev–Trinajstić information content (AvgIpc) is 2.30. The third kappa shape index (κ3) is 8.02. The van der Waals surface area contributed by atoms with Gasteiger partial charge in [-0.25, -0.2) is 0 Å². The Labute approximate surface area is 113 Å². The molecule has 0 radical (unpaired) electrons. The number of ether oxygens (including phenoxy) is 1. The smallest absolute Gasteiger partial charge is 0.310 e. The summed E-state index contributed by atoms with van der Waals surface area (Å²) < 4.78 is 5.05. The van der Waals surface area contributed by atoms with E-state index in [9.17, 15) is 4.79 Å². The average molecular weight is 278 g/mol. The first-order valence-electron chi connectivity index (χ1n) is 5.29. The summed E-state index contributed by atoms with van der Waals surface area (Å²) in [6, 6.07) is 9.56. The van der Waals surface area contributed by atoms with Crippen molar-refractivity contribution < 1.29 is 9.53 Å². The molecule has 1 rings (SSSR count). The van der Waals surface area contributed by atoms with E-state index >= 15 is 0 Å². The van der Waals surface area contributed by atoms with Crippen LogP contribution in [-0.2, 0) is 16.0 Å². The van der Waals surface area contributed by atoms with Crippen molar-refractivity contribution in [3.63, 3.8) is 0 Å². The highest BCUT2D eigenvalue weighted by Crippen LogP contribution is 2.00. The SMILES string of the molecule is Cl.O=C(Cc1ccccc1)OCCNCCCl. The summed E-state index contributed by atoms with van der Waals surface area (Å²) in [6.45, 7) is 1.77. The number of nitrogens with one attached hydrogen (secondary N) is 1. The Bertz CT molecular complexity index is 307. The van der Waals surface area contributed by atoms with Crippen LogP contribution in [0, 0.1) is 0 Å². The minimum atomic E-state index is -0.195. The number of esters is 1. The second kappa shape index (κ2) is 10.4.